The van der Waals surface area contributed by atoms with Gasteiger partial charge in [-0.2, -0.15) is 0 Å². The van der Waals surface area contributed by atoms with Gasteiger partial charge in [0.15, 0.2) is 18.3 Å². The minimum Gasteiger partial charge on any atom is -0.463 e. The summed E-state index contributed by atoms with van der Waals surface area (Å²) in [7, 11) is 0. The molecule has 1 rings (SSSR count). The molecule has 0 aromatic heterocycles. The molecule has 0 unspecified atom stereocenters. The molecule has 31 heavy (non-hydrogen) atoms. The Morgan fingerprint density at radius 2 is 1.16 bits per heavy atom. The number of rotatable bonds is 6. The molecule has 0 radical (unpaired) electrons. The monoisotopic (exact) mass is 447 g/mol. The number of hydrogen-bond acceptors (Lipinski definition) is 12. The van der Waals surface area contributed by atoms with Crippen molar-refractivity contribution in [2.24, 2.45) is 0 Å². The number of hydroxylamine groups is 2. The maximum absolute atomic E-state index is 12.1. The Balaban J connectivity index is 3.53. The zero-order chi connectivity index (χ0) is 23.9. The maximum Gasteiger partial charge on any atom is 0.329 e. The summed E-state index contributed by atoms with van der Waals surface area (Å²) in [5.74, 6) is -4.92. The van der Waals surface area contributed by atoms with Gasteiger partial charge in [0.2, 0.25) is 6.23 Å². The van der Waals surface area contributed by atoms with Crippen LogP contribution < -0.4 is 0 Å². The quantitative estimate of drug-likeness (QED) is 0.289. The first kappa shape index (κ1) is 25.8. The zero-order valence-electron chi connectivity index (χ0n) is 17.9. The summed E-state index contributed by atoms with van der Waals surface area (Å²) < 4.78 is 26.2. The Kier molecular flexibility index (Phi) is 9.37. The third-order valence-corrected chi connectivity index (χ3v) is 3.73. The van der Waals surface area contributed by atoms with Crippen LogP contribution in [-0.4, -0.2) is 78.1 Å². The molecule has 5 atom stereocenters. The molecule has 13 nitrogen and oxygen atoms in total. The standard InChI is InChI=1S/C18H25NO12/c1-8(20)19(31-13(6)25)18-17(29-12(5)24)16(28-11(4)23)15(27-10(3)22)14(30-18)7-26-9(2)21/h14-18H,7H2,1-6H3/t14-,15-,16+,17-,18-/m1/s1. The van der Waals surface area contributed by atoms with Crippen LogP contribution in [0.15, 0.2) is 0 Å². The lowest BCUT2D eigenvalue weighted by Crippen LogP contribution is -2.66. The number of carbonyl (C=O) groups excluding carboxylic acids is 6. The Hall–Kier alpha value is -3.22. The summed E-state index contributed by atoms with van der Waals surface area (Å²) in [6, 6.07) is 0. The van der Waals surface area contributed by atoms with Crippen molar-refractivity contribution in [1.29, 1.82) is 0 Å². The third kappa shape index (κ3) is 7.85. The summed E-state index contributed by atoms with van der Waals surface area (Å²) in [5, 5.41) is 0.483. The molecule has 174 valence electrons. The van der Waals surface area contributed by atoms with Crippen LogP contribution in [0.5, 0.6) is 0 Å². The number of hydrogen-bond donors (Lipinski definition) is 0. The fraction of sp³-hybridized carbons (Fsp3) is 0.667. The van der Waals surface area contributed by atoms with E-state index in [2.05, 4.69) is 0 Å². The summed E-state index contributed by atoms with van der Waals surface area (Å²) >= 11 is 0. The smallest absolute Gasteiger partial charge is 0.329 e. The van der Waals surface area contributed by atoms with Crippen molar-refractivity contribution in [1.82, 2.24) is 5.06 Å². The first-order valence-corrected chi connectivity index (χ1v) is 9.12. The van der Waals surface area contributed by atoms with Gasteiger partial charge in [-0.15, -0.1) is 5.06 Å². The predicted molar refractivity (Wildman–Crippen MR) is 96.2 cm³/mol. The van der Waals surface area contributed by atoms with Crippen molar-refractivity contribution in [3.05, 3.63) is 0 Å². The molecule has 0 aliphatic carbocycles. The highest BCUT2D eigenvalue weighted by Gasteiger charge is 2.55. The molecule has 1 saturated heterocycles. The summed E-state index contributed by atoms with van der Waals surface area (Å²) in [6.07, 6.45) is -7.37. The van der Waals surface area contributed by atoms with Crippen molar-refractivity contribution in [2.75, 3.05) is 6.61 Å². The lowest BCUT2D eigenvalue weighted by molar-refractivity contribution is -0.316. The van der Waals surface area contributed by atoms with Crippen LogP contribution in [0.4, 0.5) is 0 Å². The van der Waals surface area contributed by atoms with Gasteiger partial charge in [0.25, 0.3) is 5.91 Å². The first-order valence-electron chi connectivity index (χ1n) is 9.12. The SMILES string of the molecule is CC(=O)OC[C@H]1O[C@@H](N(OC(C)=O)C(C)=O)[C@H](OC(C)=O)[C@@H](OC(C)=O)[C@@H]1OC(C)=O. The highest BCUT2D eigenvalue weighted by atomic mass is 16.8. The molecule has 1 heterocycles. The third-order valence-electron chi connectivity index (χ3n) is 3.73. The van der Waals surface area contributed by atoms with Crippen LogP contribution in [-0.2, 0) is 57.3 Å². The van der Waals surface area contributed by atoms with Gasteiger partial charge in [-0.3, -0.25) is 28.8 Å². The minimum atomic E-state index is -1.62. The van der Waals surface area contributed by atoms with Crippen molar-refractivity contribution in [2.45, 2.75) is 72.2 Å². The fourth-order valence-corrected chi connectivity index (χ4v) is 2.83. The minimum absolute atomic E-state index is 0.483. The van der Waals surface area contributed by atoms with Crippen molar-refractivity contribution in [3.63, 3.8) is 0 Å². The van der Waals surface area contributed by atoms with Crippen LogP contribution >= 0.6 is 0 Å². The lowest BCUT2D eigenvalue weighted by atomic mass is 9.97. The van der Waals surface area contributed by atoms with Crippen LogP contribution in [0.3, 0.4) is 0 Å². The molecule has 1 aliphatic rings. The fourth-order valence-electron chi connectivity index (χ4n) is 2.83. The van der Waals surface area contributed by atoms with E-state index in [1.54, 1.807) is 0 Å². The number of esters is 4. The first-order chi connectivity index (χ1) is 14.3. The molecule has 1 amide bonds. The number of ether oxygens (including phenoxy) is 5. The van der Waals surface area contributed by atoms with Crippen LogP contribution in [0.25, 0.3) is 0 Å². The molecule has 0 aromatic carbocycles. The van der Waals surface area contributed by atoms with Crippen molar-refractivity contribution < 1.29 is 57.3 Å². The number of amides is 1. The molecule has 0 N–H and O–H groups in total. The van der Waals surface area contributed by atoms with E-state index in [0.29, 0.717) is 5.06 Å². The predicted octanol–water partition coefficient (Wildman–Crippen LogP) is -0.604. The molecular weight excluding hydrogens is 422 g/mol. The van der Waals surface area contributed by atoms with Crippen LogP contribution in [0, 0.1) is 0 Å². The van der Waals surface area contributed by atoms with Gasteiger partial charge in [0, 0.05) is 41.5 Å². The molecule has 0 bridgehead atoms. The second-order valence-electron chi connectivity index (χ2n) is 6.52. The molecule has 13 heteroatoms. The molecule has 1 fully saturated rings. The average Bonchev–Trinajstić information content (AvgIpc) is 2.60. The normalized spacial score (nSPS) is 24.9. The molecule has 0 spiro atoms. The van der Waals surface area contributed by atoms with Crippen molar-refractivity contribution >= 4 is 35.8 Å². The molecule has 0 aromatic rings. The van der Waals surface area contributed by atoms with Gasteiger partial charge >= 0.3 is 29.8 Å². The summed E-state index contributed by atoms with van der Waals surface area (Å²) in [4.78, 5) is 74.9. The number of carbonyl (C=O) groups is 6. The Labute approximate surface area is 177 Å². The molecule has 1 aliphatic heterocycles. The van der Waals surface area contributed by atoms with E-state index in [4.69, 9.17) is 28.5 Å². The molecule has 0 saturated carbocycles. The van der Waals surface area contributed by atoms with Gasteiger partial charge in [-0.05, 0) is 0 Å². The van der Waals surface area contributed by atoms with Gasteiger partial charge < -0.3 is 28.5 Å². The van der Waals surface area contributed by atoms with E-state index in [1.807, 2.05) is 0 Å². The van der Waals surface area contributed by atoms with Crippen LogP contribution in [0.1, 0.15) is 41.5 Å². The second-order valence-corrected chi connectivity index (χ2v) is 6.52. The van der Waals surface area contributed by atoms with Crippen LogP contribution in [0.2, 0.25) is 0 Å². The van der Waals surface area contributed by atoms with E-state index in [9.17, 15) is 28.8 Å². The average molecular weight is 447 g/mol. The van der Waals surface area contributed by atoms with E-state index in [-0.39, 0.29) is 0 Å². The van der Waals surface area contributed by atoms with E-state index >= 15 is 0 Å². The van der Waals surface area contributed by atoms with Gasteiger partial charge in [0.1, 0.15) is 12.7 Å². The highest BCUT2D eigenvalue weighted by Crippen LogP contribution is 2.31. The highest BCUT2D eigenvalue weighted by molar-refractivity contribution is 5.75. The summed E-state index contributed by atoms with van der Waals surface area (Å²) in [5.41, 5.74) is 0. The van der Waals surface area contributed by atoms with E-state index in [1.165, 1.54) is 0 Å². The second kappa shape index (κ2) is 11.2. The summed E-state index contributed by atoms with van der Waals surface area (Å²) in [6.45, 7) is 5.85. The lowest BCUT2D eigenvalue weighted by Gasteiger charge is -2.46. The largest absolute Gasteiger partial charge is 0.463 e. The van der Waals surface area contributed by atoms with Gasteiger partial charge in [-0.25, -0.2) is 0 Å². The maximum atomic E-state index is 12.1. The number of nitrogens with zero attached hydrogens (tertiary/aromatic N) is 1. The Morgan fingerprint density at radius 3 is 1.58 bits per heavy atom. The van der Waals surface area contributed by atoms with E-state index in [0.717, 1.165) is 41.5 Å². The van der Waals surface area contributed by atoms with Gasteiger partial charge in [0.05, 0.1) is 0 Å². The van der Waals surface area contributed by atoms with E-state index < -0.39 is 73.0 Å². The molecular formula is C18H25NO12. The van der Waals surface area contributed by atoms with Crippen molar-refractivity contribution in [3.8, 4) is 0 Å². The van der Waals surface area contributed by atoms with Gasteiger partial charge in [-0.1, -0.05) is 0 Å². The Morgan fingerprint density at radius 1 is 0.677 bits per heavy atom. The topological polar surface area (TPSA) is 161 Å². The Bertz CT molecular complexity index is 733. The zero-order valence-corrected chi connectivity index (χ0v) is 17.9.